The lowest BCUT2D eigenvalue weighted by Gasteiger charge is -1.95. The molecule has 1 amide bonds. The maximum atomic E-state index is 10.5. The Labute approximate surface area is 103 Å². The zero-order chi connectivity index (χ0) is 12.8. The van der Waals surface area contributed by atoms with Crippen LogP contribution in [-0.2, 0) is 17.8 Å². The molecule has 18 heavy (non-hydrogen) atoms. The van der Waals surface area contributed by atoms with Crippen molar-refractivity contribution in [3.05, 3.63) is 41.8 Å². The van der Waals surface area contributed by atoms with Gasteiger partial charge >= 0.3 is 0 Å². The van der Waals surface area contributed by atoms with Crippen LogP contribution in [0.25, 0.3) is 0 Å². The van der Waals surface area contributed by atoms with E-state index in [9.17, 15) is 4.79 Å². The number of aromatic nitrogens is 3. The molecular formula is C11H13N5O2. The van der Waals surface area contributed by atoms with E-state index in [0.717, 1.165) is 5.56 Å². The lowest BCUT2D eigenvalue weighted by Crippen LogP contribution is -2.28. The molecule has 2 rings (SSSR count). The molecule has 7 heteroatoms. The minimum absolute atomic E-state index is 0.0854. The van der Waals surface area contributed by atoms with Crippen LogP contribution in [0.5, 0.6) is 0 Å². The van der Waals surface area contributed by atoms with E-state index in [4.69, 9.17) is 10.3 Å². The Bertz CT molecular complexity index is 511. The molecule has 0 saturated heterocycles. The minimum atomic E-state index is -0.425. The van der Waals surface area contributed by atoms with Gasteiger partial charge in [-0.05, 0) is 17.7 Å². The first kappa shape index (κ1) is 12.2. The number of amides is 1. The first-order chi connectivity index (χ1) is 8.74. The average Bonchev–Trinajstić information content (AvgIpc) is 2.78. The van der Waals surface area contributed by atoms with E-state index in [1.807, 2.05) is 12.1 Å². The summed E-state index contributed by atoms with van der Waals surface area (Å²) in [6, 6.07) is 3.78. The summed E-state index contributed by atoms with van der Waals surface area (Å²) in [5.74, 6) is 0.601. The monoisotopic (exact) mass is 247 g/mol. The number of nitrogens with zero attached hydrogens (tertiary/aromatic N) is 3. The van der Waals surface area contributed by atoms with Crippen molar-refractivity contribution >= 4 is 5.91 Å². The number of hydrogen-bond donors (Lipinski definition) is 2. The number of primary amides is 1. The summed E-state index contributed by atoms with van der Waals surface area (Å²) in [7, 11) is 0. The van der Waals surface area contributed by atoms with Crippen molar-refractivity contribution in [1.29, 1.82) is 0 Å². The molecule has 2 aromatic heterocycles. The van der Waals surface area contributed by atoms with Crippen LogP contribution in [0.3, 0.4) is 0 Å². The Morgan fingerprint density at radius 2 is 2.17 bits per heavy atom. The van der Waals surface area contributed by atoms with Gasteiger partial charge in [-0.15, -0.1) is 0 Å². The zero-order valence-electron chi connectivity index (χ0n) is 9.67. The van der Waals surface area contributed by atoms with Gasteiger partial charge < -0.3 is 10.3 Å². The van der Waals surface area contributed by atoms with Gasteiger partial charge in [0, 0.05) is 18.8 Å². The van der Waals surface area contributed by atoms with E-state index >= 15 is 0 Å². The van der Waals surface area contributed by atoms with E-state index in [1.54, 1.807) is 12.4 Å². The lowest BCUT2D eigenvalue weighted by molar-refractivity contribution is -0.117. The van der Waals surface area contributed by atoms with Gasteiger partial charge in [0.15, 0.2) is 5.82 Å². The van der Waals surface area contributed by atoms with Gasteiger partial charge in [-0.2, -0.15) is 4.98 Å². The third-order valence-electron chi connectivity index (χ3n) is 2.20. The first-order valence-corrected chi connectivity index (χ1v) is 5.43. The van der Waals surface area contributed by atoms with E-state index in [-0.39, 0.29) is 6.54 Å². The third kappa shape index (κ3) is 3.63. The number of nitrogens with two attached hydrogens (primary N) is 1. The Morgan fingerprint density at radius 1 is 1.39 bits per heavy atom. The maximum absolute atomic E-state index is 10.5. The molecule has 0 radical (unpaired) electrons. The van der Waals surface area contributed by atoms with Crippen LogP contribution in [0, 0.1) is 0 Å². The molecule has 0 spiro atoms. The number of nitrogens with one attached hydrogen (secondary N) is 1. The quantitative estimate of drug-likeness (QED) is 0.721. The fourth-order valence-corrected chi connectivity index (χ4v) is 1.41. The van der Waals surface area contributed by atoms with Gasteiger partial charge in [0.1, 0.15) is 0 Å². The summed E-state index contributed by atoms with van der Waals surface area (Å²) >= 11 is 0. The van der Waals surface area contributed by atoms with Crippen LogP contribution >= 0.6 is 0 Å². The summed E-state index contributed by atoms with van der Waals surface area (Å²) in [6.07, 6.45) is 4.01. The maximum Gasteiger partial charge on any atom is 0.240 e. The van der Waals surface area contributed by atoms with Gasteiger partial charge in [-0.25, -0.2) is 0 Å². The smallest absolute Gasteiger partial charge is 0.240 e. The topological polar surface area (TPSA) is 107 Å². The summed E-state index contributed by atoms with van der Waals surface area (Å²) in [4.78, 5) is 18.6. The summed E-state index contributed by atoms with van der Waals surface area (Å²) < 4.78 is 5.03. The fraction of sp³-hybridized carbons (Fsp3) is 0.273. The van der Waals surface area contributed by atoms with Gasteiger partial charge in [-0.1, -0.05) is 5.16 Å². The second kappa shape index (κ2) is 5.87. The SMILES string of the molecule is NC(=O)CNCc1nc(Cc2ccncc2)no1. The first-order valence-electron chi connectivity index (χ1n) is 5.43. The summed E-state index contributed by atoms with van der Waals surface area (Å²) in [5.41, 5.74) is 6.05. The van der Waals surface area contributed by atoms with Crippen LogP contribution in [0.1, 0.15) is 17.3 Å². The normalized spacial score (nSPS) is 10.4. The second-order valence-corrected chi connectivity index (χ2v) is 3.71. The number of pyridine rings is 1. The van der Waals surface area contributed by atoms with Gasteiger partial charge in [0.25, 0.3) is 0 Å². The van der Waals surface area contributed by atoms with Crippen LogP contribution in [-0.4, -0.2) is 27.6 Å². The van der Waals surface area contributed by atoms with E-state index < -0.39 is 5.91 Å². The highest BCUT2D eigenvalue weighted by Crippen LogP contribution is 2.05. The molecule has 3 N–H and O–H groups in total. The minimum Gasteiger partial charge on any atom is -0.369 e. The Kier molecular flexibility index (Phi) is 3.98. The number of carbonyl (C=O) groups excluding carboxylic acids is 1. The molecule has 0 aliphatic heterocycles. The standard InChI is InChI=1S/C11H13N5O2/c12-9(17)6-14-7-11-15-10(16-18-11)5-8-1-3-13-4-2-8/h1-4,14H,5-7H2,(H2,12,17). The molecule has 2 aromatic rings. The Morgan fingerprint density at radius 3 is 2.89 bits per heavy atom. The number of hydrogen-bond acceptors (Lipinski definition) is 6. The van der Waals surface area contributed by atoms with Crippen LogP contribution < -0.4 is 11.1 Å². The van der Waals surface area contributed by atoms with Crippen molar-refractivity contribution in [3.63, 3.8) is 0 Å². The van der Waals surface area contributed by atoms with E-state index in [0.29, 0.717) is 24.7 Å². The third-order valence-corrected chi connectivity index (χ3v) is 2.20. The Balaban J connectivity index is 1.88. The van der Waals surface area contributed by atoms with E-state index in [2.05, 4.69) is 20.4 Å². The van der Waals surface area contributed by atoms with Crippen molar-refractivity contribution in [2.75, 3.05) is 6.54 Å². The molecule has 0 aliphatic rings. The van der Waals surface area contributed by atoms with Gasteiger partial charge in [-0.3, -0.25) is 15.1 Å². The van der Waals surface area contributed by atoms with Crippen molar-refractivity contribution in [3.8, 4) is 0 Å². The van der Waals surface area contributed by atoms with Crippen LogP contribution in [0.4, 0.5) is 0 Å². The predicted octanol–water partition coefficient (Wildman–Crippen LogP) is -0.370. The zero-order valence-corrected chi connectivity index (χ0v) is 9.67. The van der Waals surface area contributed by atoms with Crippen LogP contribution in [0.15, 0.2) is 29.0 Å². The van der Waals surface area contributed by atoms with Crippen molar-refractivity contribution in [1.82, 2.24) is 20.4 Å². The molecular weight excluding hydrogens is 234 g/mol. The fourth-order valence-electron chi connectivity index (χ4n) is 1.41. The Hall–Kier alpha value is -2.28. The van der Waals surface area contributed by atoms with Crippen molar-refractivity contribution in [2.45, 2.75) is 13.0 Å². The molecule has 0 fully saturated rings. The highest BCUT2D eigenvalue weighted by Gasteiger charge is 2.07. The molecule has 0 aromatic carbocycles. The molecule has 0 aliphatic carbocycles. The number of carbonyl (C=O) groups is 1. The van der Waals surface area contributed by atoms with Gasteiger partial charge in [0.05, 0.1) is 13.1 Å². The average molecular weight is 247 g/mol. The molecule has 94 valence electrons. The van der Waals surface area contributed by atoms with Gasteiger partial charge in [0.2, 0.25) is 11.8 Å². The van der Waals surface area contributed by atoms with Crippen molar-refractivity contribution in [2.24, 2.45) is 5.73 Å². The molecule has 2 heterocycles. The second-order valence-electron chi connectivity index (χ2n) is 3.71. The molecule has 0 bridgehead atoms. The van der Waals surface area contributed by atoms with Crippen LogP contribution in [0.2, 0.25) is 0 Å². The lowest BCUT2D eigenvalue weighted by atomic mass is 10.2. The molecule has 0 atom stereocenters. The largest absolute Gasteiger partial charge is 0.369 e. The highest BCUT2D eigenvalue weighted by atomic mass is 16.5. The summed E-state index contributed by atoms with van der Waals surface area (Å²) in [6.45, 7) is 0.411. The molecule has 7 nitrogen and oxygen atoms in total. The number of rotatable bonds is 6. The van der Waals surface area contributed by atoms with E-state index in [1.165, 1.54) is 0 Å². The highest BCUT2D eigenvalue weighted by molar-refractivity contribution is 5.75. The molecule has 0 saturated carbocycles. The van der Waals surface area contributed by atoms with Crippen molar-refractivity contribution < 1.29 is 9.32 Å². The molecule has 0 unspecified atom stereocenters. The summed E-state index contributed by atoms with van der Waals surface area (Å²) in [5, 5.41) is 6.64. The predicted molar refractivity (Wildman–Crippen MR) is 62.2 cm³/mol.